The van der Waals surface area contributed by atoms with Gasteiger partial charge in [-0.3, -0.25) is 19.5 Å². The van der Waals surface area contributed by atoms with Crippen molar-refractivity contribution in [1.29, 1.82) is 0 Å². The molecule has 5 nitrogen and oxygen atoms in total. The van der Waals surface area contributed by atoms with E-state index in [2.05, 4.69) is 130 Å². The van der Waals surface area contributed by atoms with E-state index in [1.807, 2.05) is 36.9 Å². The van der Waals surface area contributed by atoms with Crippen molar-refractivity contribution in [2.75, 3.05) is 0 Å². The SMILES string of the molecule is c1ccc2c(-n3c4ccc(-c5ccc(-c6cc7cccnc7c7ncccc67)cn5)cc4c4c5ccccc5ccc43)nccc2c1. The van der Waals surface area contributed by atoms with Crippen LogP contribution in [0.3, 0.4) is 0 Å². The molecule has 0 aliphatic rings. The molecule has 10 rings (SSSR count). The second-order valence-corrected chi connectivity index (χ2v) is 11.9. The zero-order valence-corrected chi connectivity index (χ0v) is 25.2. The zero-order chi connectivity index (χ0) is 30.9. The van der Waals surface area contributed by atoms with E-state index < -0.39 is 0 Å². The Morgan fingerprint density at radius 3 is 2.02 bits per heavy atom. The summed E-state index contributed by atoms with van der Waals surface area (Å²) in [5.74, 6) is 0.931. The molecule has 5 aromatic carbocycles. The van der Waals surface area contributed by atoms with Crippen molar-refractivity contribution in [3.05, 3.63) is 152 Å². The fraction of sp³-hybridized carbons (Fsp3) is 0. The molecular formula is C42H25N5. The summed E-state index contributed by atoms with van der Waals surface area (Å²) in [6.45, 7) is 0. The molecule has 0 amide bonds. The molecule has 0 N–H and O–H groups in total. The highest BCUT2D eigenvalue weighted by molar-refractivity contribution is 6.22. The van der Waals surface area contributed by atoms with E-state index in [0.29, 0.717) is 0 Å². The maximum absolute atomic E-state index is 5.01. The van der Waals surface area contributed by atoms with Crippen molar-refractivity contribution in [2.24, 2.45) is 0 Å². The van der Waals surface area contributed by atoms with Crippen molar-refractivity contribution in [3.63, 3.8) is 0 Å². The smallest absolute Gasteiger partial charge is 0.145 e. The molecule has 10 aromatic rings. The van der Waals surface area contributed by atoms with Gasteiger partial charge in [0.15, 0.2) is 0 Å². The van der Waals surface area contributed by atoms with Crippen molar-refractivity contribution in [3.8, 4) is 28.2 Å². The number of aromatic nitrogens is 5. The largest absolute Gasteiger partial charge is 0.293 e. The molecule has 0 aliphatic carbocycles. The maximum atomic E-state index is 5.01. The molecule has 5 aromatic heterocycles. The minimum absolute atomic E-state index is 0.902. The second kappa shape index (κ2) is 10.0. The van der Waals surface area contributed by atoms with Gasteiger partial charge < -0.3 is 0 Å². The highest BCUT2D eigenvalue weighted by Crippen LogP contribution is 2.40. The van der Waals surface area contributed by atoms with Crippen LogP contribution in [-0.4, -0.2) is 24.5 Å². The lowest BCUT2D eigenvalue weighted by Gasteiger charge is -2.11. The molecule has 0 saturated heterocycles. The molecule has 218 valence electrons. The third kappa shape index (κ3) is 3.90. The molecule has 47 heavy (non-hydrogen) atoms. The van der Waals surface area contributed by atoms with E-state index in [9.17, 15) is 0 Å². The minimum Gasteiger partial charge on any atom is -0.293 e. The molecule has 0 unspecified atom stereocenters. The number of rotatable bonds is 3. The summed E-state index contributed by atoms with van der Waals surface area (Å²) in [6, 6.07) is 44.9. The van der Waals surface area contributed by atoms with Crippen molar-refractivity contribution >= 4 is 65.2 Å². The van der Waals surface area contributed by atoms with Crippen LogP contribution in [-0.2, 0) is 0 Å². The lowest BCUT2D eigenvalue weighted by atomic mass is 9.98. The Morgan fingerprint density at radius 1 is 0.426 bits per heavy atom. The lowest BCUT2D eigenvalue weighted by molar-refractivity contribution is 1.10. The van der Waals surface area contributed by atoms with Gasteiger partial charge >= 0.3 is 0 Å². The van der Waals surface area contributed by atoms with E-state index in [0.717, 1.165) is 66.4 Å². The Kier molecular flexibility index (Phi) is 5.51. The van der Waals surface area contributed by atoms with Crippen LogP contribution in [0.1, 0.15) is 0 Å². The topological polar surface area (TPSA) is 56.5 Å². The van der Waals surface area contributed by atoms with E-state index in [-0.39, 0.29) is 0 Å². The quantitative estimate of drug-likeness (QED) is 0.190. The van der Waals surface area contributed by atoms with Crippen LogP contribution in [0.25, 0.3) is 93.4 Å². The van der Waals surface area contributed by atoms with Gasteiger partial charge in [0.2, 0.25) is 0 Å². The average Bonchev–Trinajstić information content (AvgIpc) is 3.48. The second-order valence-electron chi connectivity index (χ2n) is 11.9. The van der Waals surface area contributed by atoms with Gasteiger partial charge in [0.05, 0.1) is 27.8 Å². The zero-order valence-electron chi connectivity index (χ0n) is 25.2. The first kappa shape index (κ1) is 25.8. The molecule has 0 aliphatic heterocycles. The van der Waals surface area contributed by atoms with Gasteiger partial charge in [-0.25, -0.2) is 4.98 Å². The summed E-state index contributed by atoms with van der Waals surface area (Å²) >= 11 is 0. The molecule has 0 spiro atoms. The molecular weight excluding hydrogens is 574 g/mol. The lowest BCUT2D eigenvalue weighted by Crippen LogP contribution is -1.98. The van der Waals surface area contributed by atoms with Crippen LogP contribution >= 0.6 is 0 Å². The third-order valence-electron chi connectivity index (χ3n) is 9.35. The summed E-state index contributed by atoms with van der Waals surface area (Å²) in [4.78, 5) is 19.2. The number of hydrogen-bond acceptors (Lipinski definition) is 4. The standard InChI is InChI=1S/C42H25N5/c1-3-10-31-26(7-1)14-18-38-39(31)35-23-28(15-17-37(35)47(38)42-32-11-4-2-8-27(32)19-22-45-42)36-16-13-30(25-46-36)34-24-29-9-5-20-43-40(29)41-33(34)12-6-21-44-41/h1-25H. The van der Waals surface area contributed by atoms with E-state index >= 15 is 0 Å². The Bertz CT molecular complexity index is 2850. The summed E-state index contributed by atoms with van der Waals surface area (Å²) in [5, 5.41) is 9.25. The molecule has 0 radical (unpaired) electrons. The van der Waals surface area contributed by atoms with Gasteiger partial charge in [-0.2, -0.15) is 0 Å². The monoisotopic (exact) mass is 599 g/mol. The number of benzene rings is 5. The van der Waals surface area contributed by atoms with Crippen LogP contribution in [0, 0.1) is 0 Å². The normalized spacial score (nSPS) is 11.8. The highest BCUT2D eigenvalue weighted by atomic mass is 15.1. The van der Waals surface area contributed by atoms with Crippen LogP contribution in [0.5, 0.6) is 0 Å². The summed E-state index contributed by atoms with van der Waals surface area (Å²) in [5.41, 5.74) is 8.19. The first-order valence-electron chi connectivity index (χ1n) is 15.7. The maximum Gasteiger partial charge on any atom is 0.145 e. The Balaban J connectivity index is 1.17. The average molecular weight is 600 g/mol. The third-order valence-corrected chi connectivity index (χ3v) is 9.35. The minimum atomic E-state index is 0.902. The summed E-state index contributed by atoms with van der Waals surface area (Å²) in [6.07, 6.45) is 7.53. The van der Waals surface area contributed by atoms with E-state index in [1.165, 1.54) is 26.9 Å². The Hall–Kier alpha value is -6.46. The van der Waals surface area contributed by atoms with Gasteiger partial charge in [0.1, 0.15) is 5.82 Å². The predicted octanol–water partition coefficient (Wildman–Crippen LogP) is 10.3. The molecule has 5 heterocycles. The summed E-state index contributed by atoms with van der Waals surface area (Å²) < 4.78 is 2.31. The van der Waals surface area contributed by atoms with Crippen molar-refractivity contribution in [2.45, 2.75) is 0 Å². The molecule has 0 saturated carbocycles. The number of nitrogens with zero attached hydrogens (tertiary/aromatic N) is 5. The van der Waals surface area contributed by atoms with Crippen LogP contribution in [0.2, 0.25) is 0 Å². The first-order valence-corrected chi connectivity index (χ1v) is 15.7. The van der Waals surface area contributed by atoms with Crippen LogP contribution in [0.15, 0.2) is 152 Å². The van der Waals surface area contributed by atoms with Crippen LogP contribution < -0.4 is 0 Å². The fourth-order valence-electron chi connectivity index (χ4n) is 7.20. The number of fused-ring (bicyclic) bond motifs is 9. The van der Waals surface area contributed by atoms with Gasteiger partial charge in [0, 0.05) is 62.8 Å². The first-order chi connectivity index (χ1) is 23.3. The molecule has 0 bridgehead atoms. The van der Waals surface area contributed by atoms with Crippen molar-refractivity contribution < 1.29 is 0 Å². The Morgan fingerprint density at radius 2 is 1.15 bits per heavy atom. The van der Waals surface area contributed by atoms with Crippen LogP contribution in [0.4, 0.5) is 0 Å². The van der Waals surface area contributed by atoms with Crippen molar-refractivity contribution in [1.82, 2.24) is 24.5 Å². The summed E-state index contributed by atoms with van der Waals surface area (Å²) in [7, 11) is 0. The number of hydrogen-bond donors (Lipinski definition) is 0. The van der Waals surface area contributed by atoms with Gasteiger partial charge in [-0.15, -0.1) is 0 Å². The predicted molar refractivity (Wildman–Crippen MR) is 193 cm³/mol. The van der Waals surface area contributed by atoms with Gasteiger partial charge in [-0.05, 0) is 70.3 Å². The Labute approximate surface area is 269 Å². The van der Waals surface area contributed by atoms with E-state index in [1.54, 1.807) is 0 Å². The molecule has 5 heteroatoms. The van der Waals surface area contributed by atoms with E-state index in [4.69, 9.17) is 9.97 Å². The highest BCUT2D eigenvalue weighted by Gasteiger charge is 2.18. The number of pyridine rings is 4. The molecule has 0 atom stereocenters. The fourth-order valence-corrected chi connectivity index (χ4v) is 7.20. The van der Waals surface area contributed by atoms with Gasteiger partial charge in [0.25, 0.3) is 0 Å². The van der Waals surface area contributed by atoms with Gasteiger partial charge in [-0.1, -0.05) is 78.9 Å². The molecule has 0 fully saturated rings.